The van der Waals surface area contributed by atoms with Gasteiger partial charge in [0.2, 0.25) is 0 Å². The molecule has 1 nitrogen and oxygen atoms in total. The van der Waals surface area contributed by atoms with Gasteiger partial charge in [-0.1, -0.05) is 0 Å². The Kier molecular flexibility index (Phi) is 4.18. The molecule has 0 aliphatic heterocycles. The molecule has 0 radical (unpaired) electrons. The predicted octanol–water partition coefficient (Wildman–Crippen LogP) is 2.20. The van der Waals surface area contributed by atoms with Crippen LogP contribution in [0.5, 0.6) is 0 Å². The van der Waals surface area contributed by atoms with Gasteiger partial charge in [-0.25, -0.2) is 0 Å². The number of hydrogen-bond acceptors (Lipinski definition) is 1. The summed E-state index contributed by atoms with van der Waals surface area (Å²) in [6.45, 7) is 2.28. The van der Waals surface area contributed by atoms with E-state index in [1.165, 1.54) is 25.7 Å². The largest absolute Gasteiger partial charge is 0.396 e. The lowest BCUT2D eigenvalue weighted by Crippen LogP contribution is -2.16. The van der Waals surface area contributed by atoms with Gasteiger partial charge >= 0.3 is 0 Å². The lowest BCUT2D eigenvalue weighted by atomic mass is 9.81. The van der Waals surface area contributed by atoms with Crippen molar-refractivity contribution < 1.29 is 5.11 Å². The van der Waals surface area contributed by atoms with Gasteiger partial charge in [0.05, 0.1) is 0 Å². The molecule has 0 atom stereocenters. The van der Waals surface area contributed by atoms with Crippen molar-refractivity contribution in [1.82, 2.24) is 0 Å². The fourth-order valence-electron chi connectivity index (χ4n) is 1.86. The summed E-state index contributed by atoms with van der Waals surface area (Å²) in [6.07, 6.45) is 5.99. The maximum Gasteiger partial charge on any atom is 0.0459 e. The zero-order valence-corrected chi connectivity index (χ0v) is 7.84. The van der Waals surface area contributed by atoms with Crippen molar-refractivity contribution in [2.45, 2.75) is 39.0 Å². The summed E-state index contributed by atoms with van der Waals surface area (Å²) in [6, 6.07) is 0. The van der Waals surface area contributed by atoms with Crippen LogP contribution in [0.4, 0.5) is 0 Å². The third kappa shape index (κ3) is 2.87. The van der Waals surface area contributed by atoms with Crippen LogP contribution in [0.3, 0.4) is 0 Å². The topological polar surface area (TPSA) is 20.2 Å². The molecule has 0 aromatic heterocycles. The Labute approximate surface area is 75.2 Å². The Balaban J connectivity index is 2.20. The minimum absolute atomic E-state index is 0.381. The third-order valence-corrected chi connectivity index (χ3v) is 2.79. The second-order valence-electron chi connectivity index (χ2n) is 3.70. The summed E-state index contributed by atoms with van der Waals surface area (Å²) in [4.78, 5) is 0. The Hall–Kier alpha value is -0.480. The summed E-state index contributed by atoms with van der Waals surface area (Å²) in [5, 5.41) is 8.93. The Morgan fingerprint density at radius 1 is 1.17 bits per heavy atom. The monoisotopic (exact) mass is 166 g/mol. The van der Waals surface area contributed by atoms with Gasteiger partial charge in [-0.3, -0.25) is 0 Å². The Morgan fingerprint density at radius 3 is 2.25 bits per heavy atom. The van der Waals surface area contributed by atoms with E-state index in [4.69, 9.17) is 5.11 Å². The molecule has 1 rings (SSSR count). The van der Waals surface area contributed by atoms with Crippen LogP contribution < -0.4 is 0 Å². The summed E-state index contributed by atoms with van der Waals surface area (Å²) in [5.41, 5.74) is 0. The standard InChI is InChI=1S/C11H18O/c1-2-3-4-10-5-7-11(9-12)8-6-10/h10-12H,4-9H2,1H3. The lowest BCUT2D eigenvalue weighted by molar-refractivity contribution is 0.168. The van der Waals surface area contributed by atoms with Crippen molar-refractivity contribution in [3.05, 3.63) is 0 Å². The van der Waals surface area contributed by atoms with Gasteiger partial charge in [0.25, 0.3) is 0 Å². The fourth-order valence-corrected chi connectivity index (χ4v) is 1.86. The van der Waals surface area contributed by atoms with Gasteiger partial charge in [-0.05, 0) is 44.4 Å². The molecular weight excluding hydrogens is 148 g/mol. The highest BCUT2D eigenvalue weighted by atomic mass is 16.3. The molecule has 1 fully saturated rings. The molecule has 1 heteroatoms. The van der Waals surface area contributed by atoms with Gasteiger partial charge in [-0.2, -0.15) is 0 Å². The van der Waals surface area contributed by atoms with E-state index >= 15 is 0 Å². The molecule has 1 saturated carbocycles. The Morgan fingerprint density at radius 2 is 1.75 bits per heavy atom. The Bertz CT molecular complexity index is 167. The first-order valence-electron chi connectivity index (χ1n) is 4.87. The molecule has 1 aliphatic rings. The van der Waals surface area contributed by atoms with Crippen molar-refractivity contribution in [2.75, 3.05) is 6.61 Å². The molecule has 0 heterocycles. The van der Waals surface area contributed by atoms with Crippen LogP contribution in [-0.2, 0) is 0 Å². The summed E-state index contributed by atoms with van der Waals surface area (Å²) >= 11 is 0. The fraction of sp³-hybridized carbons (Fsp3) is 0.818. The predicted molar refractivity (Wildman–Crippen MR) is 50.6 cm³/mol. The highest BCUT2D eigenvalue weighted by Crippen LogP contribution is 2.29. The van der Waals surface area contributed by atoms with Crippen LogP contribution in [0.2, 0.25) is 0 Å². The molecule has 0 aromatic carbocycles. The van der Waals surface area contributed by atoms with Crippen LogP contribution >= 0.6 is 0 Å². The number of rotatable bonds is 2. The van der Waals surface area contributed by atoms with Crippen molar-refractivity contribution in [3.8, 4) is 11.8 Å². The molecule has 12 heavy (non-hydrogen) atoms. The summed E-state index contributed by atoms with van der Waals surface area (Å²) in [7, 11) is 0. The number of hydrogen-bond donors (Lipinski definition) is 1. The van der Waals surface area contributed by atoms with Gasteiger partial charge in [-0.15, -0.1) is 11.8 Å². The van der Waals surface area contributed by atoms with Crippen molar-refractivity contribution in [1.29, 1.82) is 0 Å². The molecule has 0 aromatic rings. The maximum absolute atomic E-state index is 8.93. The van der Waals surface area contributed by atoms with E-state index in [0.717, 1.165) is 12.3 Å². The van der Waals surface area contributed by atoms with E-state index in [0.29, 0.717) is 12.5 Å². The molecule has 1 N–H and O–H groups in total. The van der Waals surface area contributed by atoms with Gasteiger partial charge in [0.1, 0.15) is 0 Å². The van der Waals surface area contributed by atoms with E-state index < -0.39 is 0 Å². The average Bonchev–Trinajstić information content (AvgIpc) is 2.15. The van der Waals surface area contributed by atoms with Crippen LogP contribution in [0.15, 0.2) is 0 Å². The molecular formula is C11H18O. The first-order valence-corrected chi connectivity index (χ1v) is 4.87. The van der Waals surface area contributed by atoms with Crippen LogP contribution in [0.25, 0.3) is 0 Å². The van der Waals surface area contributed by atoms with Crippen molar-refractivity contribution in [2.24, 2.45) is 11.8 Å². The van der Waals surface area contributed by atoms with E-state index in [2.05, 4.69) is 11.8 Å². The normalized spacial score (nSPS) is 29.2. The molecule has 0 unspecified atom stereocenters. The molecule has 0 saturated heterocycles. The maximum atomic E-state index is 8.93. The molecule has 68 valence electrons. The summed E-state index contributed by atoms with van der Waals surface area (Å²) < 4.78 is 0. The first-order chi connectivity index (χ1) is 5.86. The highest BCUT2D eigenvalue weighted by molar-refractivity contribution is 4.97. The second kappa shape index (κ2) is 5.22. The average molecular weight is 166 g/mol. The van der Waals surface area contributed by atoms with Crippen LogP contribution in [0.1, 0.15) is 39.0 Å². The molecule has 1 aliphatic carbocycles. The van der Waals surface area contributed by atoms with E-state index in [9.17, 15) is 0 Å². The second-order valence-corrected chi connectivity index (χ2v) is 3.70. The smallest absolute Gasteiger partial charge is 0.0459 e. The minimum Gasteiger partial charge on any atom is -0.396 e. The van der Waals surface area contributed by atoms with Crippen LogP contribution in [-0.4, -0.2) is 11.7 Å². The van der Waals surface area contributed by atoms with Gasteiger partial charge in [0, 0.05) is 13.0 Å². The first kappa shape index (κ1) is 9.61. The molecule has 0 spiro atoms. The van der Waals surface area contributed by atoms with Crippen LogP contribution in [0, 0.1) is 23.7 Å². The van der Waals surface area contributed by atoms with Crippen molar-refractivity contribution >= 4 is 0 Å². The summed E-state index contributed by atoms with van der Waals surface area (Å²) in [5.74, 6) is 7.46. The number of aliphatic hydroxyl groups is 1. The lowest BCUT2D eigenvalue weighted by Gasteiger charge is -2.25. The molecule has 0 amide bonds. The third-order valence-electron chi connectivity index (χ3n) is 2.79. The van der Waals surface area contributed by atoms with E-state index in [-0.39, 0.29) is 0 Å². The van der Waals surface area contributed by atoms with Gasteiger partial charge in [0.15, 0.2) is 0 Å². The van der Waals surface area contributed by atoms with E-state index in [1.807, 2.05) is 6.92 Å². The highest BCUT2D eigenvalue weighted by Gasteiger charge is 2.19. The molecule has 0 bridgehead atoms. The quantitative estimate of drug-likeness (QED) is 0.623. The SMILES string of the molecule is CC#CCC1CCC(CO)CC1. The van der Waals surface area contributed by atoms with Crippen molar-refractivity contribution in [3.63, 3.8) is 0 Å². The zero-order valence-electron chi connectivity index (χ0n) is 7.84. The van der Waals surface area contributed by atoms with Gasteiger partial charge < -0.3 is 5.11 Å². The van der Waals surface area contributed by atoms with E-state index in [1.54, 1.807) is 0 Å². The number of aliphatic hydroxyl groups excluding tert-OH is 1. The minimum atomic E-state index is 0.381. The zero-order chi connectivity index (χ0) is 8.81.